The van der Waals surface area contributed by atoms with E-state index in [4.69, 9.17) is 13.9 Å². The molecule has 0 saturated carbocycles. The second kappa shape index (κ2) is 18.3. The Labute approximate surface area is 305 Å². The van der Waals surface area contributed by atoms with Crippen LogP contribution in [0.5, 0.6) is 5.75 Å². The van der Waals surface area contributed by atoms with Crippen molar-refractivity contribution in [2.24, 2.45) is 11.8 Å². The monoisotopic (exact) mass is 707 g/mol. The molecule has 0 saturated heterocycles. The minimum absolute atomic E-state index is 0.0417. The fourth-order valence-corrected chi connectivity index (χ4v) is 12.5. The van der Waals surface area contributed by atoms with Gasteiger partial charge in [0.2, 0.25) is 0 Å². The Balaban J connectivity index is 1.71. The van der Waals surface area contributed by atoms with Crippen molar-refractivity contribution in [2.75, 3.05) is 13.3 Å². The molecular weight excluding hydrogens is 648 g/mol. The maximum atomic E-state index is 7.42. The van der Waals surface area contributed by atoms with Crippen molar-refractivity contribution in [3.8, 4) is 5.75 Å². The quantitative estimate of drug-likeness (QED) is 0.0585. The molecule has 0 radical (unpaired) electrons. The van der Waals surface area contributed by atoms with Gasteiger partial charge in [-0.15, -0.1) is 0 Å². The van der Waals surface area contributed by atoms with Gasteiger partial charge in [-0.05, 0) is 85.1 Å². The molecule has 5 heteroatoms. The summed E-state index contributed by atoms with van der Waals surface area (Å²) in [6.07, 6.45) is 9.19. The number of hydrogen-bond donors (Lipinski definition) is 0. The molecule has 50 heavy (non-hydrogen) atoms. The van der Waals surface area contributed by atoms with Gasteiger partial charge in [0.15, 0.2) is 8.32 Å². The largest absolute Gasteiger partial charge is 0.497 e. The van der Waals surface area contributed by atoms with Crippen LogP contribution in [0.2, 0.25) is 18.1 Å². The van der Waals surface area contributed by atoms with E-state index >= 15 is 0 Å². The lowest BCUT2D eigenvalue weighted by Crippen LogP contribution is -2.48. The summed E-state index contributed by atoms with van der Waals surface area (Å²) in [4.78, 5) is 0. The summed E-state index contributed by atoms with van der Waals surface area (Å²) in [6, 6.07) is 41.8. The maximum Gasteiger partial charge on any atom is 0.192 e. The topological polar surface area (TPSA) is 27.7 Å². The number of hydrogen-bond acceptors (Lipinski definition) is 3. The third-order valence-corrected chi connectivity index (χ3v) is 19.6. The third-order valence-electron chi connectivity index (χ3n) is 10.6. The van der Waals surface area contributed by atoms with Crippen molar-refractivity contribution < 1.29 is 13.9 Å². The Morgan fingerprint density at radius 2 is 1.26 bits per heavy atom. The second-order valence-electron chi connectivity index (χ2n) is 15.1. The number of rotatable bonds is 18. The van der Waals surface area contributed by atoms with Crippen molar-refractivity contribution in [1.29, 1.82) is 0 Å². The molecule has 0 N–H and O–H groups in total. The van der Waals surface area contributed by atoms with E-state index in [0.717, 1.165) is 30.3 Å². The number of methoxy groups -OCH3 is 1. The predicted octanol–water partition coefficient (Wildman–Crippen LogP) is 10.8. The van der Waals surface area contributed by atoms with E-state index in [9.17, 15) is 0 Å². The van der Waals surface area contributed by atoms with Crippen molar-refractivity contribution in [1.82, 2.24) is 0 Å². The average molecular weight is 708 g/mol. The van der Waals surface area contributed by atoms with Crippen LogP contribution < -0.4 is 20.7 Å². The van der Waals surface area contributed by atoms with E-state index in [2.05, 4.69) is 163 Å². The van der Waals surface area contributed by atoms with Gasteiger partial charge in [0.05, 0.1) is 32.1 Å². The smallest absolute Gasteiger partial charge is 0.192 e. The maximum absolute atomic E-state index is 7.42. The first-order valence-corrected chi connectivity index (χ1v) is 23.1. The van der Waals surface area contributed by atoms with Gasteiger partial charge in [0.25, 0.3) is 0 Å². The molecule has 4 atom stereocenters. The SMILES string of the molecule is C=C/C=C\[C@H](C)[C@H](OCc1ccc(OC)cc1)[C@@H](C)[C@@H](CCC[P+](c1ccccc1)(c1ccccc1)c1ccccc1)O[Si](C)(C)C(C)(C)C. The molecule has 4 aromatic carbocycles. The van der Waals surface area contributed by atoms with Gasteiger partial charge in [-0.25, -0.2) is 0 Å². The first-order chi connectivity index (χ1) is 23.9. The molecule has 0 aliphatic carbocycles. The third kappa shape index (κ3) is 9.95. The lowest BCUT2D eigenvalue weighted by atomic mass is 9.87. The minimum atomic E-state index is -2.12. The van der Waals surface area contributed by atoms with Crippen LogP contribution >= 0.6 is 7.26 Å². The highest BCUT2D eigenvalue weighted by Crippen LogP contribution is 2.56. The fraction of sp³-hybridized carbons (Fsp3) is 0.378. The first-order valence-electron chi connectivity index (χ1n) is 18.2. The summed E-state index contributed by atoms with van der Waals surface area (Å²) in [5.41, 5.74) is 1.13. The van der Waals surface area contributed by atoms with Crippen LogP contribution in [0.25, 0.3) is 0 Å². The van der Waals surface area contributed by atoms with Crippen LogP contribution in [0.1, 0.15) is 53.0 Å². The summed E-state index contributed by atoms with van der Waals surface area (Å²) in [5, 5.41) is 4.37. The molecule has 0 unspecified atom stereocenters. The highest BCUT2D eigenvalue weighted by molar-refractivity contribution is 7.95. The van der Waals surface area contributed by atoms with Crippen LogP contribution in [0.15, 0.2) is 140 Å². The van der Waals surface area contributed by atoms with Gasteiger partial charge >= 0.3 is 0 Å². The van der Waals surface area contributed by atoms with Gasteiger partial charge in [-0.1, -0.05) is 126 Å². The molecule has 0 spiro atoms. The Hall–Kier alpha value is -3.27. The van der Waals surface area contributed by atoms with E-state index in [1.807, 2.05) is 24.3 Å². The zero-order chi connectivity index (χ0) is 36.2. The van der Waals surface area contributed by atoms with E-state index in [1.165, 1.54) is 15.9 Å². The molecule has 0 aliphatic rings. The Bertz CT molecular complexity index is 1500. The molecule has 0 bridgehead atoms. The van der Waals surface area contributed by atoms with Gasteiger partial charge in [0.1, 0.15) is 28.9 Å². The average Bonchev–Trinajstić information content (AvgIpc) is 3.13. The summed E-state index contributed by atoms with van der Waals surface area (Å²) < 4.78 is 19.7. The lowest BCUT2D eigenvalue weighted by molar-refractivity contribution is -0.0540. The van der Waals surface area contributed by atoms with Crippen LogP contribution in [-0.2, 0) is 15.8 Å². The second-order valence-corrected chi connectivity index (χ2v) is 23.4. The molecule has 3 nitrogen and oxygen atoms in total. The zero-order valence-corrected chi connectivity index (χ0v) is 33.6. The molecule has 0 aliphatic heterocycles. The predicted molar refractivity (Wildman–Crippen MR) is 221 cm³/mol. The van der Waals surface area contributed by atoms with Crippen molar-refractivity contribution >= 4 is 31.5 Å². The lowest BCUT2D eigenvalue weighted by Gasteiger charge is -2.43. The first kappa shape index (κ1) is 39.5. The normalized spacial score (nSPS) is 15.0. The Kier molecular flexibility index (Phi) is 14.5. The van der Waals surface area contributed by atoms with E-state index in [1.54, 1.807) is 7.11 Å². The number of allylic oxidation sites excluding steroid dienone is 2. The van der Waals surface area contributed by atoms with Crippen LogP contribution in [0, 0.1) is 11.8 Å². The number of benzene rings is 4. The minimum Gasteiger partial charge on any atom is -0.497 e. The summed E-state index contributed by atoms with van der Waals surface area (Å²) >= 11 is 0. The van der Waals surface area contributed by atoms with Crippen molar-refractivity contribution in [3.63, 3.8) is 0 Å². The van der Waals surface area contributed by atoms with Crippen LogP contribution in [0.3, 0.4) is 0 Å². The fourth-order valence-electron chi connectivity index (χ4n) is 6.67. The van der Waals surface area contributed by atoms with Gasteiger partial charge < -0.3 is 13.9 Å². The van der Waals surface area contributed by atoms with Crippen LogP contribution in [0.4, 0.5) is 0 Å². The van der Waals surface area contributed by atoms with E-state index < -0.39 is 15.6 Å². The molecule has 4 rings (SSSR count). The van der Waals surface area contributed by atoms with Crippen molar-refractivity contribution in [2.45, 2.75) is 84.4 Å². The van der Waals surface area contributed by atoms with E-state index in [-0.39, 0.29) is 29.1 Å². The molecule has 0 fully saturated rings. The Morgan fingerprint density at radius 1 is 0.760 bits per heavy atom. The highest BCUT2D eigenvalue weighted by atomic mass is 31.2. The summed E-state index contributed by atoms with van der Waals surface area (Å²) in [7, 11) is -2.37. The number of ether oxygens (including phenoxy) is 2. The standard InChI is InChI=1S/C45H60O3PSi/c1-10-11-22-36(2)44(47-35-38-30-32-39(46-7)33-31-38)37(3)43(48-50(8,9)45(4,5)6)29-21-34-49(40-23-15-12-16-24-40,41-25-17-13-18-26-41)42-27-19-14-20-28-42/h10-20,22-28,30-33,36-37,43-44H,1,21,29,34-35H2,2-9H3/q+1/b22-11-/t36-,37-,43+,44-/m0/s1. The molecule has 0 amide bonds. The Morgan fingerprint density at radius 3 is 1.70 bits per heavy atom. The van der Waals surface area contributed by atoms with Gasteiger partial charge in [0, 0.05) is 11.8 Å². The van der Waals surface area contributed by atoms with Crippen LogP contribution in [-0.4, -0.2) is 33.8 Å². The zero-order valence-electron chi connectivity index (χ0n) is 31.7. The van der Waals surface area contributed by atoms with Crippen molar-refractivity contribution in [3.05, 3.63) is 146 Å². The molecular formula is C45H60O3PSi+. The van der Waals surface area contributed by atoms with Gasteiger partial charge in [-0.3, -0.25) is 0 Å². The van der Waals surface area contributed by atoms with E-state index in [0.29, 0.717) is 6.61 Å². The molecule has 0 heterocycles. The highest BCUT2D eigenvalue weighted by Gasteiger charge is 2.46. The molecule has 0 aromatic heterocycles. The van der Waals surface area contributed by atoms with Gasteiger partial charge in [-0.2, -0.15) is 0 Å². The molecule has 266 valence electrons. The summed E-state index contributed by atoms with van der Waals surface area (Å²) in [6.45, 7) is 20.9. The molecule has 4 aromatic rings. The summed E-state index contributed by atoms with van der Waals surface area (Å²) in [5.74, 6) is 1.19.